The van der Waals surface area contributed by atoms with Gasteiger partial charge in [0, 0.05) is 24.9 Å². The van der Waals surface area contributed by atoms with Crippen molar-refractivity contribution in [3.63, 3.8) is 0 Å². The predicted molar refractivity (Wildman–Crippen MR) is 151 cm³/mol. The summed E-state index contributed by atoms with van der Waals surface area (Å²) < 4.78 is 3.97. The Balaban J connectivity index is 1.39. The lowest BCUT2D eigenvalue weighted by molar-refractivity contribution is -0.124. The number of nitrogens with one attached hydrogen (secondary N) is 2. The number of aromatic nitrogens is 3. The van der Waals surface area contributed by atoms with Gasteiger partial charge < -0.3 is 11.1 Å². The van der Waals surface area contributed by atoms with E-state index in [1.165, 1.54) is 13.9 Å². The fourth-order valence-electron chi connectivity index (χ4n) is 5.91. The molecular formula is C30H36N6O3. The van der Waals surface area contributed by atoms with Gasteiger partial charge >= 0.3 is 11.4 Å². The van der Waals surface area contributed by atoms with E-state index in [9.17, 15) is 14.4 Å². The lowest BCUT2D eigenvalue weighted by atomic mass is 9.81. The summed E-state index contributed by atoms with van der Waals surface area (Å²) >= 11 is 0. The summed E-state index contributed by atoms with van der Waals surface area (Å²) in [6.07, 6.45) is 5.27. The molecule has 1 amide bonds. The molecule has 3 aromatic rings. The van der Waals surface area contributed by atoms with Crippen LogP contribution in [0.4, 0.5) is 0 Å². The first-order valence-electron chi connectivity index (χ1n) is 13.6. The van der Waals surface area contributed by atoms with Crippen molar-refractivity contribution >= 4 is 11.7 Å². The third-order valence-electron chi connectivity index (χ3n) is 8.13. The molecule has 1 atom stereocenters. The Bertz CT molecular complexity index is 1440. The number of benzene rings is 2. The molecule has 204 valence electrons. The van der Waals surface area contributed by atoms with Crippen LogP contribution in [0.2, 0.25) is 0 Å². The summed E-state index contributed by atoms with van der Waals surface area (Å²) in [7, 11) is 0. The Morgan fingerprint density at radius 3 is 2.13 bits per heavy atom. The van der Waals surface area contributed by atoms with E-state index in [-0.39, 0.29) is 36.7 Å². The number of hydrogen-bond donors (Lipinski definition) is 3. The molecule has 9 heteroatoms. The number of carbonyl (C=O) groups excluding carboxylic acids is 1. The van der Waals surface area contributed by atoms with Crippen LogP contribution in [0.5, 0.6) is 0 Å². The molecule has 0 spiro atoms. The van der Waals surface area contributed by atoms with Crippen LogP contribution in [0.15, 0.2) is 81.9 Å². The highest BCUT2D eigenvalue weighted by Gasteiger charge is 2.32. The molecule has 4 N–H and O–H groups in total. The highest BCUT2D eigenvalue weighted by Crippen LogP contribution is 2.29. The Morgan fingerprint density at radius 2 is 1.56 bits per heavy atom. The van der Waals surface area contributed by atoms with E-state index in [2.05, 4.69) is 5.32 Å². The van der Waals surface area contributed by atoms with Crippen LogP contribution in [0, 0.1) is 17.2 Å². The van der Waals surface area contributed by atoms with Crippen molar-refractivity contribution in [3.05, 3.63) is 104 Å². The van der Waals surface area contributed by atoms with Gasteiger partial charge in [0.25, 0.3) is 0 Å². The monoisotopic (exact) mass is 528 g/mol. The maximum absolute atomic E-state index is 13.7. The van der Waals surface area contributed by atoms with E-state index in [0.29, 0.717) is 12.5 Å². The fourth-order valence-corrected chi connectivity index (χ4v) is 5.91. The van der Waals surface area contributed by atoms with Gasteiger partial charge in [0.05, 0.1) is 12.4 Å². The van der Waals surface area contributed by atoms with E-state index in [1.54, 1.807) is 6.08 Å². The Labute approximate surface area is 227 Å². The number of fused-ring (bicyclic) bond motifs is 1. The number of amides is 1. The Kier molecular flexibility index (Phi) is 7.67. The quantitative estimate of drug-likeness (QED) is 0.236. The second-order valence-electron chi connectivity index (χ2n) is 10.8. The predicted octanol–water partition coefficient (Wildman–Crippen LogP) is 3.00. The zero-order valence-corrected chi connectivity index (χ0v) is 22.3. The molecule has 1 saturated carbocycles. The van der Waals surface area contributed by atoms with Crippen molar-refractivity contribution in [2.45, 2.75) is 57.7 Å². The van der Waals surface area contributed by atoms with Gasteiger partial charge in [0.1, 0.15) is 0 Å². The first-order valence-corrected chi connectivity index (χ1v) is 13.6. The number of amidine groups is 1. The first-order chi connectivity index (χ1) is 18.8. The van der Waals surface area contributed by atoms with Crippen molar-refractivity contribution in [2.75, 3.05) is 6.54 Å². The second-order valence-corrected chi connectivity index (χ2v) is 10.8. The number of nitrogens with two attached hydrogens (primary N) is 1. The van der Waals surface area contributed by atoms with Crippen LogP contribution in [0.25, 0.3) is 0 Å². The van der Waals surface area contributed by atoms with E-state index < -0.39 is 17.4 Å². The minimum Gasteiger partial charge on any atom is -0.387 e. The first kappa shape index (κ1) is 26.5. The number of rotatable bonds is 8. The average Bonchev–Trinajstić information content (AvgIpc) is 3.19. The van der Waals surface area contributed by atoms with Crippen LogP contribution in [0.1, 0.15) is 55.7 Å². The average molecular weight is 529 g/mol. The maximum atomic E-state index is 13.7. The molecule has 39 heavy (non-hydrogen) atoms. The normalized spacial score (nSPS) is 20.8. The summed E-state index contributed by atoms with van der Waals surface area (Å²) in [5, 5.41) is 10.7. The number of nitrogens with zero attached hydrogens (tertiary/aromatic N) is 3. The standard InChI is InChI=1S/C30H36N6O3/c1-20-16-26(28(37)33-17-21-12-14-24(15-13-21)27(31)32)36-30(39)34(29(38)35(36)18-20)19-25(22-8-4-2-5-9-22)23-10-6-3-7-11-23/h2-11,16,21,24-26H,12-15,17-19H2,1H3,(H3,31,32)(H,33,37). The van der Waals surface area contributed by atoms with Crippen molar-refractivity contribution < 1.29 is 4.79 Å². The molecule has 1 aromatic heterocycles. The van der Waals surface area contributed by atoms with Crippen LogP contribution in [-0.4, -0.2) is 32.2 Å². The fraction of sp³-hybridized carbons (Fsp3) is 0.400. The smallest absolute Gasteiger partial charge is 0.348 e. The molecule has 9 nitrogen and oxygen atoms in total. The van der Waals surface area contributed by atoms with Gasteiger partial charge in [-0.05, 0) is 55.7 Å². The molecule has 1 fully saturated rings. The molecule has 1 aliphatic heterocycles. The molecule has 2 heterocycles. The van der Waals surface area contributed by atoms with Crippen molar-refractivity contribution in [1.82, 2.24) is 19.2 Å². The zero-order valence-electron chi connectivity index (χ0n) is 22.3. The van der Waals surface area contributed by atoms with Crippen molar-refractivity contribution in [1.29, 1.82) is 5.41 Å². The Hall–Kier alpha value is -4.14. The molecule has 2 aliphatic rings. The second kappa shape index (κ2) is 11.3. The van der Waals surface area contributed by atoms with Crippen LogP contribution < -0.4 is 22.4 Å². The molecule has 1 unspecified atom stereocenters. The lowest BCUT2D eigenvalue weighted by Crippen LogP contribution is -2.43. The van der Waals surface area contributed by atoms with Gasteiger partial charge in [-0.1, -0.05) is 66.2 Å². The molecule has 2 aromatic carbocycles. The van der Waals surface area contributed by atoms with Gasteiger partial charge in [-0.2, -0.15) is 0 Å². The van der Waals surface area contributed by atoms with E-state index >= 15 is 0 Å². The van der Waals surface area contributed by atoms with Crippen LogP contribution >= 0.6 is 0 Å². The number of allylic oxidation sites excluding steroid dienone is 1. The molecule has 0 saturated heterocycles. The molecule has 5 rings (SSSR count). The van der Waals surface area contributed by atoms with Gasteiger partial charge in [-0.25, -0.2) is 23.5 Å². The molecule has 1 aliphatic carbocycles. The highest BCUT2D eigenvalue weighted by molar-refractivity contribution is 5.82. The summed E-state index contributed by atoms with van der Waals surface area (Å²) in [6.45, 7) is 2.81. The van der Waals surface area contributed by atoms with Crippen molar-refractivity contribution in [3.8, 4) is 0 Å². The van der Waals surface area contributed by atoms with Gasteiger partial charge in [0.15, 0.2) is 6.04 Å². The van der Waals surface area contributed by atoms with E-state index in [0.717, 1.165) is 42.4 Å². The summed E-state index contributed by atoms with van der Waals surface area (Å²) in [5.41, 5.74) is 7.64. The maximum Gasteiger partial charge on any atom is 0.348 e. The topological polar surface area (TPSA) is 128 Å². The van der Waals surface area contributed by atoms with Crippen molar-refractivity contribution in [2.24, 2.45) is 17.6 Å². The van der Waals surface area contributed by atoms with Gasteiger partial charge in [0.2, 0.25) is 5.91 Å². The van der Waals surface area contributed by atoms with E-state index in [1.807, 2.05) is 67.6 Å². The number of hydrogen-bond acceptors (Lipinski definition) is 4. The number of carbonyl (C=O) groups is 1. The summed E-state index contributed by atoms with van der Waals surface area (Å²) in [5.74, 6) is 0.181. The Morgan fingerprint density at radius 1 is 0.974 bits per heavy atom. The van der Waals surface area contributed by atoms with E-state index in [4.69, 9.17) is 11.1 Å². The molecule has 0 bridgehead atoms. The third kappa shape index (κ3) is 5.53. The highest BCUT2D eigenvalue weighted by atomic mass is 16.2. The minimum absolute atomic E-state index is 0.129. The SMILES string of the molecule is CC1=CC(C(=O)NCC2CCC(C(=N)N)CC2)n2c(=O)n(CC(c3ccccc3)c3ccccc3)c(=O)n2C1. The lowest BCUT2D eigenvalue weighted by Gasteiger charge is -2.28. The van der Waals surface area contributed by atoms with Gasteiger partial charge in [-0.3, -0.25) is 10.2 Å². The largest absolute Gasteiger partial charge is 0.387 e. The minimum atomic E-state index is -0.888. The third-order valence-corrected chi connectivity index (χ3v) is 8.13. The van der Waals surface area contributed by atoms with Crippen LogP contribution in [-0.2, 0) is 17.9 Å². The van der Waals surface area contributed by atoms with Crippen LogP contribution in [0.3, 0.4) is 0 Å². The summed E-state index contributed by atoms with van der Waals surface area (Å²) in [4.78, 5) is 40.6. The summed E-state index contributed by atoms with van der Waals surface area (Å²) in [6, 6.07) is 18.8. The van der Waals surface area contributed by atoms with Gasteiger partial charge in [-0.15, -0.1) is 0 Å². The zero-order chi connectivity index (χ0) is 27.5. The molecule has 0 radical (unpaired) electrons. The molecular weight excluding hydrogens is 492 g/mol.